The summed E-state index contributed by atoms with van der Waals surface area (Å²) in [5.74, 6) is -0.936. The van der Waals surface area contributed by atoms with Crippen molar-refractivity contribution in [2.24, 2.45) is 5.41 Å². The molecule has 2 amide bonds. The van der Waals surface area contributed by atoms with Crippen LogP contribution in [0.5, 0.6) is 0 Å². The van der Waals surface area contributed by atoms with Gasteiger partial charge in [-0.2, -0.15) is 0 Å². The Morgan fingerprint density at radius 1 is 1.20 bits per heavy atom. The van der Waals surface area contributed by atoms with Gasteiger partial charge in [-0.1, -0.05) is 13.8 Å². The molecule has 20 heavy (non-hydrogen) atoms. The van der Waals surface area contributed by atoms with E-state index >= 15 is 0 Å². The van der Waals surface area contributed by atoms with Crippen molar-refractivity contribution in [1.29, 1.82) is 0 Å². The van der Waals surface area contributed by atoms with E-state index in [0.717, 1.165) is 13.0 Å². The lowest BCUT2D eigenvalue weighted by molar-refractivity contribution is -0.139. The molecule has 1 aliphatic rings. The number of hydrogen-bond donors (Lipinski definition) is 2. The predicted molar refractivity (Wildman–Crippen MR) is 74.1 cm³/mol. The maximum atomic E-state index is 11.4. The Morgan fingerprint density at radius 3 is 2.35 bits per heavy atom. The molecule has 1 heterocycles. The molecule has 0 spiro atoms. The molecule has 0 unspecified atom stereocenters. The first-order valence-corrected chi connectivity index (χ1v) is 7.07. The second-order valence-corrected chi connectivity index (χ2v) is 6.00. The number of hydrogen-bond acceptors (Lipinski definition) is 4. The molecule has 1 rings (SSSR count). The number of carbonyl (C=O) groups excluding carboxylic acids is 2. The van der Waals surface area contributed by atoms with Crippen molar-refractivity contribution in [2.45, 2.75) is 46.0 Å². The Balaban J connectivity index is 2.13. The smallest absolute Gasteiger partial charge is 0.303 e. The van der Waals surface area contributed by atoms with Gasteiger partial charge in [-0.05, 0) is 24.8 Å². The summed E-state index contributed by atoms with van der Waals surface area (Å²) in [6.07, 6.45) is 2.36. The Bertz CT molecular complexity index is 363. The van der Waals surface area contributed by atoms with Crippen molar-refractivity contribution in [3.63, 3.8) is 0 Å². The van der Waals surface area contributed by atoms with E-state index in [1.807, 2.05) is 13.8 Å². The largest absolute Gasteiger partial charge is 0.481 e. The molecule has 0 bridgehead atoms. The van der Waals surface area contributed by atoms with E-state index in [9.17, 15) is 14.4 Å². The lowest BCUT2D eigenvalue weighted by Gasteiger charge is -2.24. The zero-order chi connectivity index (χ0) is 15.2. The van der Waals surface area contributed by atoms with Gasteiger partial charge < -0.3 is 10.4 Å². The van der Waals surface area contributed by atoms with Gasteiger partial charge in [0.1, 0.15) is 0 Å². The number of aliphatic carboxylic acids is 1. The van der Waals surface area contributed by atoms with Crippen LogP contribution in [0.25, 0.3) is 0 Å². The minimum Gasteiger partial charge on any atom is -0.481 e. The number of carboxylic acid groups (broad SMARTS) is 1. The molecular weight excluding hydrogens is 260 g/mol. The van der Waals surface area contributed by atoms with E-state index in [2.05, 4.69) is 5.32 Å². The average molecular weight is 284 g/mol. The molecule has 2 N–H and O–H groups in total. The Labute approximate surface area is 119 Å². The van der Waals surface area contributed by atoms with Crippen molar-refractivity contribution >= 4 is 17.8 Å². The van der Waals surface area contributed by atoms with Gasteiger partial charge in [-0.15, -0.1) is 0 Å². The molecule has 6 nitrogen and oxygen atoms in total. The van der Waals surface area contributed by atoms with Crippen LogP contribution in [0.2, 0.25) is 0 Å². The number of nitrogens with zero attached hydrogens (tertiary/aromatic N) is 1. The number of imide groups is 1. The van der Waals surface area contributed by atoms with Crippen LogP contribution in [0.4, 0.5) is 0 Å². The topological polar surface area (TPSA) is 86.7 Å². The summed E-state index contributed by atoms with van der Waals surface area (Å²) in [5.41, 5.74) is -0.0231. The summed E-state index contributed by atoms with van der Waals surface area (Å²) in [4.78, 5) is 34.6. The molecule has 0 atom stereocenters. The highest BCUT2D eigenvalue weighted by atomic mass is 16.4. The van der Waals surface area contributed by atoms with Crippen molar-refractivity contribution in [1.82, 2.24) is 10.2 Å². The molecule has 0 aromatic rings. The maximum absolute atomic E-state index is 11.4. The summed E-state index contributed by atoms with van der Waals surface area (Å²) >= 11 is 0. The van der Waals surface area contributed by atoms with Gasteiger partial charge >= 0.3 is 5.97 Å². The van der Waals surface area contributed by atoms with Crippen LogP contribution in [0.1, 0.15) is 46.0 Å². The molecule has 114 valence electrons. The van der Waals surface area contributed by atoms with Gasteiger partial charge in [0.15, 0.2) is 0 Å². The summed E-state index contributed by atoms with van der Waals surface area (Å²) < 4.78 is 0. The summed E-state index contributed by atoms with van der Waals surface area (Å²) in [5, 5.41) is 11.9. The van der Waals surface area contributed by atoms with Crippen molar-refractivity contribution < 1.29 is 19.5 Å². The molecule has 0 saturated carbocycles. The zero-order valence-electron chi connectivity index (χ0n) is 12.3. The molecule has 0 aromatic heterocycles. The highest BCUT2D eigenvalue weighted by Crippen LogP contribution is 2.25. The molecule has 1 saturated heterocycles. The fourth-order valence-corrected chi connectivity index (χ4v) is 2.19. The zero-order valence-corrected chi connectivity index (χ0v) is 12.3. The molecule has 1 aliphatic heterocycles. The Morgan fingerprint density at radius 2 is 1.80 bits per heavy atom. The van der Waals surface area contributed by atoms with Crippen molar-refractivity contribution in [3.05, 3.63) is 0 Å². The first kappa shape index (κ1) is 16.6. The van der Waals surface area contributed by atoms with Crippen molar-refractivity contribution in [3.8, 4) is 0 Å². The molecule has 0 radical (unpaired) electrons. The lowest BCUT2D eigenvalue weighted by atomic mass is 9.84. The van der Waals surface area contributed by atoms with Crippen LogP contribution >= 0.6 is 0 Å². The lowest BCUT2D eigenvalue weighted by Crippen LogP contribution is -2.36. The van der Waals surface area contributed by atoms with Gasteiger partial charge in [0, 0.05) is 32.4 Å². The standard InChI is InChI=1S/C14H24N2O4/c1-14(2,6-5-13(19)20)7-8-15-9-10-16-11(17)3-4-12(16)18/h15H,3-10H2,1-2H3,(H,19,20). The molecule has 1 fully saturated rings. The molecule has 6 heteroatoms. The Kier molecular flexibility index (Phi) is 6.13. The van der Waals surface area contributed by atoms with Crippen LogP contribution in [-0.2, 0) is 14.4 Å². The van der Waals surface area contributed by atoms with E-state index in [1.54, 1.807) is 0 Å². The van der Waals surface area contributed by atoms with E-state index in [1.165, 1.54) is 4.90 Å². The number of rotatable bonds is 9. The SMILES string of the molecule is CC(C)(CCNCCN1C(=O)CCC1=O)CCC(=O)O. The summed E-state index contributed by atoms with van der Waals surface area (Å²) in [6.45, 7) is 5.86. The number of carboxylic acids is 1. The van der Waals surface area contributed by atoms with Crippen LogP contribution in [0, 0.1) is 5.41 Å². The highest BCUT2D eigenvalue weighted by Gasteiger charge is 2.28. The third-order valence-corrected chi connectivity index (χ3v) is 3.66. The first-order chi connectivity index (χ1) is 9.32. The summed E-state index contributed by atoms with van der Waals surface area (Å²) in [6, 6.07) is 0. The second kappa shape index (κ2) is 7.38. The fraction of sp³-hybridized carbons (Fsp3) is 0.786. The van der Waals surface area contributed by atoms with E-state index in [0.29, 0.717) is 32.4 Å². The van der Waals surface area contributed by atoms with Gasteiger partial charge in [-0.3, -0.25) is 19.3 Å². The average Bonchev–Trinajstić information content (AvgIpc) is 2.67. The molecular formula is C14H24N2O4. The van der Waals surface area contributed by atoms with E-state index < -0.39 is 5.97 Å². The monoisotopic (exact) mass is 284 g/mol. The van der Waals surface area contributed by atoms with E-state index in [4.69, 9.17) is 5.11 Å². The first-order valence-electron chi connectivity index (χ1n) is 7.07. The summed E-state index contributed by atoms with van der Waals surface area (Å²) in [7, 11) is 0. The minimum absolute atomic E-state index is 0.0231. The third-order valence-electron chi connectivity index (χ3n) is 3.66. The maximum Gasteiger partial charge on any atom is 0.303 e. The van der Waals surface area contributed by atoms with Crippen molar-refractivity contribution in [2.75, 3.05) is 19.6 Å². The predicted octanol–water partition coefficient (Wildman–Crippen LogP) is 1.01. The van der Waals surface area contributed by atoms with Crippen LogP contribution in [0.15, 0.2) is 0 Å². The number of likely N-dealkylation sites (tertiary alicyclic amines) is 1. The highest BCUT2D eigenvalue weighted by molar-refractivity contribution is 6.01. The number of carbonyl (C=O) groups is 3. The Hall–Kier alpha value is -1.43. The molecule has 0 aromatic carbocycles. The van der Waals surface area contributed by atoms with Gasteiger partial charge in [0.05, 0.1) is 0 Å². The minimum atomic E-state index is -0.767. The van der Waals surface area contributed by atoms with E-state index in [-0.39, 0.29) is 23.7 Å². The van der Waals surface area contributed by atoms with Crippen LogP contribution in [-0.4, -0.2) is 47.4 Å². The van der Waals surface area contributed by atoms with Crippen LogP contribution in [0.3, 0.4) is 0 Å². The van der Waals surface area contributed by atoms with Gasteiger partial charge in [0.2, 0.25) is 11.8 Å². The second-order valence-electron chi connectivity index (χ2n) is 6.00. The molecule has 0 aliphatic carbocycles. The quantitative estimate of drug-likeness (QED) is 0.487. The van der Waals surface area contributed by atoms with Gasteiger partial charge in [-0.25, -0.2) is 0 Å². The number of amides is 2. The van der Waals surface area contributed by atoms with Crippen LogP contribution < -0.4 is 5.32 Å². The number of nitrogens with one attached hydrogen (secondary N) is 1. The third kappa shape index (κ3) is 5.69. The van der Waals surface area contributed by atoms with Gasteiger partial charge in [0.25, 0.3) is 0 Å². The normalized spacial score (nSPS) is 16.0. The fourth-order valence-electron chi connectivity index (χ4n) is 2.19.